The normalized spacial score (nSPS) is 10.1. The Morgan fingerprint density at radius 1 is 1.00 bits per heavy atom. The molecule has 2 rings (SSSR count). The van der Waals surface area contributed by atoms with Gasteiger partial charge in [-0.3, -0.25) is 4.79 Å². The number of ether oxygens (including phenoxy) is 3. The molecule has 0 spiro atoms. The maximum absolute atomic E-state index is 11.8. The van der Waals surface area contributed by atoms with Crippen LogP contribution in [-0.4, -0.2) is 25.7 Å². The van der Waals surface area contributed by atoms with Crippen LogP contribution in [0.5, 0.6) is 11.5 Å². The third-order valence-electron chi connectivity index (χ3n) is 3.40. The maximum atomic E-state index is 11.8. The van der Waals surface area contributed by atoms with Gasteiger partial charge in [-0.2, -0.15) is 0 Å². The Labute approximate surface area is 141 Å². The molecule has 5 nitrogen and oxygen atoms in total. The molecule has 0 saturated carbocycles. The number of benzene rings is 2. The highest BCUT2D eigenvalue weighted by Crippen LogP contribution is 2.19. The predicted molar refractivity (Wildman–Crippen MR) is 89.4 cm³/mol. The molecule has 0 radical (unpaired) electrons. The summed E-state index contributed by atoms with van der Waals surface area (Å²) >= 11 is 0. The van der Waals surface area contributed by atoms with Gasteiger partial charge in [-0.15, -0.1) is 0 Å². The van der Waals surface area contributed by atoms with Gasteiger partial charge in [-0.1, -0.05) is 17.7 Å². The summed E-state index contributed by atoms with van der Waals surface area (Å²) in [6.45, 7) is 4.21. The van der Waals surface area contributed by atoms with Crippen molar-refractivity contribution in [2.24, 2.45) is 0 Å². The van der Waals surface area contributed by atoms with Crippen molar-refractivity contribution in [1.29, 1.82) is 0 Å². The van der Waals surface area contributed by atoms with E-state index in [0.717, 1.165) is 16.9 Å². The number of rotatable bonds is 6. The molecule has 0 aromatic heterocycles. The summed E-state index contributed by atoms with van der Waals surface area (Å²) in [5, 5.41) is 0. The summed E-state index contributed by atoms with van der Waals surface area (Å²) in [7, 11) is 1.31. The molecule has 0 aliphatic heterocycles. The van der Waals surface area contributed by atoms with Crippen LogP contribution in [0.1, 0.15) is 27.9 Å². The largest absolute Gasteiger partial charge is 0.493 e. The van der Waals surface area contributed by atoms with Crippen molar-refractivity contribution in [2.75, 3.05) is 13.7 Å². The van der Waals surface area contributed by atoms with Crippen molar-refractivity contribution in [2.45, 2.75) is 20.3 Å². The van der Waals surface area contributed by atoms with Gasteiger partial charge in [-0.25, -0.2) is 4.79 Å². The van der Waals surface area contributed by atoms with E-state index in [0.29, 0.717) is 11.3 Å². The van der Waals surface area contributed by atoms with E-state index in [4.69, 9.17) is 9.47 Å². The SMILES string of the molecule is COC(=O)c1ccc(OC(=O)CCOc2ccc(C)cc2C)cc1. The second kappa shape index (κ2) is 8.15. The summed E-state index contributed by atoms with van der Waals surface area (Å²) in [6, 6.07) is 12.1. The molecule has 0 N–H and O–H groups in total. The Kier molecular flexibility index (Phi) is 5.95. The number of methoxy groups -OCH3 is 1. The fourth-order valence-corrected chi connectivity index (χ4v) is 2.16. The van der Waals surface area contributed by atoms with Crippen LogP contribution in [0.4, 0.5) is 0 Å². The first kappa shape index (κ1) is 17.5. The molecule has 2 aromatic carbocycles. The first-order valence-corrected chi connectivity index (χ1v) is 7.58. The molecule has 0 unspecified atom stereocenters. The summed E-state index contributed by atoms with van der Waals surface area (Å²) < 4.78 is 15.4. The summed E-state index contributed by atoms with van der Waals surface area (Å²) in [4.78, 5) is 23.1. The van der Waals surface area contributed by atoms with Crippen molar-refractivity contribution in [3.05, 3.63) is 59.2 Å². The lowest BCUT2D eigenvalue weighted by Gasteiger charge is -2.09. The molecule has 0 bridgehead atoms. The Hall–Kier alpha value is -2.82. The van der Waals surface area contributed by atoms with Gasteiger partial charge in [-0.05, 0) is 49.7 Å². The van der Waals surface area contributed by atoms with Crippen LogP contribution in [-0.2, 0) is 9.53 Å². The van der Waals surface area contributed by atoms with Crippen molar-refractivity contribution >= 4 is 11.9 Å². The number of hydrogen-bond donors (Lipinski definition) is 0. The molecule has 0 atom stereocenters. The smallest absolute Gasteiger partial charge is 0.337 e. The number of aryl methyl sites for hydroxylation is 2. The van der Waals surface area contributed by atoms with E-state index in [-0.39, 0.29) is 13.0 Å². The van der Waals surface area contributed by atoms with Gasteiger partial charge < -0.3 is 14.2 Å². The fourth-order valence-electron chi connectivity index (χ4n) is 2.16. The van der Waals surface area contributed by atoms with E-state index in [1.807, 2.05) is 32.0 Å². The Morgan fingerprint density at radius 3 is 2.33 bits per heavy atom. The van der Waals surface area contributed by atoms with Crippen LogP contribution < -0.4 is 9.47 Å². The topological polar surface area (TPSA) is 61.8 Å². The number of carbonyl (C=O) groups is 2. The fraction of sp³-hybridized carbons (Fsp3) is 0.263. The van der Waals surface area contributed by atoms with Gasteiger partial charge >= 0.3 is 11.9 Å². The Morgan fingerprint density at radius 2 is 1.71 bits per heavy atom. The van der Waals surface area contributed by atoms with Crippen molar-refractivity contribution in [3.8, 4) is 11.5 Å². The Balaban J connectivity index is 1.81. The Bertz CT molecular complexity index is 719. The third-order valence-corrected chi connectivity index (χ3v) is 3.40. The van der Waals surface area contributed by atoms with Crippen LogP contribution in [0.3, 0.4) is 0 Å². The first-order chi connectivity index (χ1) is 11.5. The standard InChI is InChI=1S/C19H20O5/c1-13-4-9-17(14(2)12-13)23-11-10-18(20)24-16-7-5-15(6-8-16)19(21)22-3/h4-9,12H,10-11H2,1-3H3. The van der Waals surface area contributed by atoms with Crippen LogP contribution in [0.15, 0.2) is 42.5 Å². The van der Waals surface area contributed by atoms with Crippen LogP contribution >= 0.6 is 0 Å². The average molecular weight is 328 g/mol. The minimum Gasteiger partial charge on any atom is -0.493 e. The third kappa shape index (κ3) is 4.84. The van der Waals surface area contributed by atoms with Crippen LogP contribution in [0.25, 0.3) is 0 Å². The number of carbonyl (C=O) groups excluding carboxylic acids is 2. The zero-order valence-electron chi connectivity index (χ0n) is 14.0. The second-order valence-electron chi connectivity index (χ2n) is 5.36. The highest BCUT2D eigenvalue weighted by Gasteiger charge is 2.09. The monoisotopic (exact) mass is 328 g/mol. The molecule has 2 aromatic rings. The lowest BCUT2D eigenvalue weighted by Crippen LogP contribution is -2.13. The maximum Gasteiger partial charge on any atom is 0.337 e. The molecule has 0 fully saturated rings. The molecular weight excluding hydrogens is 308 g/mol. The van der Waals surface area contributed by atoms with E-state index < -0.39 is 11.9 Å². The highest BCUT2D eigenvalue weighted by atomic mass is 16.5. The van der Waals surface area contributed by atoms with Crippen molar-refractivity contribution in [1.82, 2.24) is 0 Å². The van der Waals surface area contributed by atoms with Gasteiger partial charge in [0.2, 0.25) is 0 Å². The van der Waals surface area contributed by atoms with E-state index in [9.17, 15) is 9.59 Å². The van der Waals surface area contributed by atoms with E-state index in [2.05, 4.69) is 4.74 Å². The van der Waals surface area contributed by atoms with E-state index >= 15 is 0 Å². The molecule has 5 heteroatoms. The van der Waals surface area contributed by atoms with E-state index in [1.54, 1.807) is 24.3 Å². The van der Waals surface area contributed by atoms with Crippen molar-refractivity contribution in [3.63, 3.8) is 0 Å². The zero-order valence-corrected chi connectivity index (χ0v) is 14.0. The molecule has 24 heavy (non-hydrogen) atoms. The van der Waals surface area contributed by atoms with Gasteiger partial charge in [0.1, 0.15) is 11.5 Å². The van der Waals surface area contributed by atoms with Crippen LogP contribution in [0, 0.1) is 13.8 Å². The molecular formula is C19H20O5. The highest BCUT2D eigenvalue weighted by molar-refractivity contribution is 5.89. The van der Waals surface area contributed by atoms with Gasteiger partial charge in [0.15, 0.2) is 0 Å². The van der Waals surface area contributed by atoms with Gasteiger partial charge in [0.25, 0.3) is 0 Å². The molecule has 0 saturated heterocycles. The minimum atomic E-state index is -0.435. The minimum absolute atomic E-state index is 0.131. The second-order valence-corrected chi connectivity index (χ2v) is 5.36. The summed E-state index contributed by atoms with van der Waals surface area (Å²) in [6.07, 6.45) is 0.131. The molecule has 0 heterocycles. The van der Waals surface area contributed by atoms with Crippen LogP contribution in [0.2, 0.25) is 0 Å². The summed E-state index contributed by atoms with van der Waals surface area (Å²) in [5.41, 5.74) is 2.59. The lowest BCUT2D eigenvalue weighted by atomic mass is 10.1. The molecule has 0 aliphatic carbocycles. The predicted octanol–water partition coefficient (Wildman–Crippen LogP) is 3.46. The van der Waals surface area contributed by atoms with Gasteiger partial charge in [0, 0.05) is 0 Å². The first-order valence-electron chi connectivity index (χ1n) is 7.58. The quantitative estimate of drug-likeness (QED) is 0.600. The lowest BCUT2D eigenvalue weighted by molar-refractivity contribution is -0.134. The zero-order chi connectivity index (χ0) is 17.5. The van der Waals surface area contributed by atoms with E-state index in [1.165, 1.54) is 7.11 Å². The number of esters is 2. The van der Waals surface area contributed by atoms with Crippen molar-refractivity contribution < 1.29 is 23.8 Å². The van der Waals surface area contributed by atoms with Gasteiger partial charge in [0.05, 0.1) is 25.7 Å². The molecule has 126 valence electrons. The number of hydrogen-bond acceptors (Lipinski definition) is 5. The molecule has 0 amide bonds. The molecule has 0 aliphatic rings. The summed E-state index contributed by atoms with van der Waals surface area (Å²) in [5.74, 6) is 0.301. The average Bonchev–Trinajstić information content (AvgIpc) is 2.57.